The molecule has 1 heterocycles. The van der Waals surface area contributed by atoms with Crippen LogP contribution in [-0.2, 0) is 4.74 Å². The molecule has 0 radical (unpaired) electrons. The van der Waals surface area contributed by atoms with Gasteiger partial charge >= 0.3 is 5.97 Å². The second kappa shape index (κ2) is 6.43. The number of carbonyl (C=O) groups excluding carboxylic acids is 1. The summed E-state index contributed by atoms with van der Waals surface area (Å²) in [5.41, 5.74) is 1.92. The van der Waals surface area contributed by atoms with Crippen LogP contribution in [0.15, 0.2) is 24.4 Å². The smallest absolute Gasteiger partial charge is 0.341 e. The maximum atomic E-state index is 12.0. The van der Waals surface area contributed by atoms with Crippen LogP contribution in [0.4, 0.5) is 5.69 Å². The monoisotopic (exact) mass is 288 g/mol. The standard InChI is InChI=1S/C16H20N2O3/c1-5-20-16(19)13-9-18-14-7-6-11(21-10(2)3)8-12(14)15(13)17-4/h6-10H,5H2,1-4H3,(H,17,18). The van der Waals surface area contributed by atoms with Crippen LogP contribution in [-0.4, -0.2) is 30.7 Å². The number of esters is 1. The van der Waals surface area contributed by atoms with E-state index < -0.39 is 0 Å². The molecule has 2 aromatic rings. The van der Waals surface area contributed by atoms with E-state index in [1.54, 1.807) is 14.0 Å². The molecule has 1 aromatic heterocycles. The molecule has 112 valence electrons. The lowest BCUT2D eigenvalue weighted by Gasteiger charge is -2.14. The SMILES string of the molecule is CCOC(=O)c1cnc2ccc(OC(C)C)cc2c1NC. The van der Waals surface area contributed by atoms with E-state index in [1.807, 2.05) is 32.0 Å². The van der Waals surface area contributed by atoms with Gasteiger partial charge in [-0.3, -0.25) is 4.98 Å². The van der Waals surface area contributed by atoms with Crippen molar-refractivity contribution in [2.75, 3.05) is 19.0 Å². The van der Waals surface area contributed by atoms with Crippen LogP contribution in [0.5, 0.6) is 5.75 Å². The van der Waals surface area contributed by atoms with Gasteiger partial charge in [-0.15, -0.1) is 0 Å². The summed E-state index contributed by atoms with van der Waals surface area (Å²) in [5, 5.41) is 3.90. The van der Waals surface area contributed by atoms with E-state index in [-0.39, 0.29) is 12.1 Å². The van der Waals surface area contributed by atoms with Gasteiger partial charge in [0.25, 0.3) is 0 Å². The predicted molar refractivity (Wildman–Crippen MR) is 83.0 cm³/mol. The van der Waals surface area contributed by atoms with Gasteiger partial charge < -0.3 is 14.8 Å². The van der Waals surface area contributed by atoms with Crippen molar-refractivity contribution in [3.63, 3.8) is 0 Å². The third kappa shape index (κ3) is 3.24. The van der Waals surface area contributed by atoms with Crippen LogP contribution in [0.1, 0.15) is 31.1 Å². The van der Waals surface area contributed by atoms with Gasteiger partial charge in [0, 0.05) is 18.6 Å². The number of rotatable bonds is 5. The Morgan fingerprint density at radius 1 is 1.38 bits per heavy atom. The van der Waals surface area contributed by atoms with E-state index in [0.29, 0.717) is 17.9 Å². The fraction of sp³-hybridized carbons (Fsp3) is 0.375. The highest BCUT2D eigenvalue weighted by molar-refractivity contribution is 6.05. The Morgan fingerprint density at radius 2 is 2.14 bits per heavy atom. The molecule has 0 fully saturated rings. The van der Waals surface area contributed by atoms with Crippen LogP contribution in [0, 0.1) is 0 Å². The second-order valence-electron chi connectivity index (χ2n) is 4.86. The lowest BCUT2D eigenvalue weighted by Crippen LogP contribution is -2.09. The molecular formula is C16H20N2O3. The highest BCUT2D eigenvalue weighted by Crippen LogP contribution is 2.29. The van der Waals surface area contributed by atoms with E-state index >= 15 is 0 Å². The highest BCUT2D eigenvalue weighted by Gasteiger charge is 2.16. The Morgan fingerprint density at radius 3 is 2.76 bits per heavy atom. The molecule has 0 bridgehead atoms. The lowest BCUT2D eigenvalue weighted by atomic mass is 10.1. The van der Waals surface area contributed by atoms with E-state index in [0.717, 1.165) is 16.7 Å². The number of nitrogens with zero attached hydrogens (tertiary/aromatic N) is 1. The molecule has 0 unspecified atom stereocenters. The maximum Gasteiger partial charge on any atom is 0.341 e. The molecule has 0 aliphatic rings. The number of benzene rings is 1. The van der Waals surface area contributed by atoms with Crippen molar-refractivity contribution in [1.82, 2.24) is 4.98 Å². The average Bonchev–Trinajstić information content (AvgIpc) is 2.45. The van der Waals surface area contributed by atoms with Gasteiger partial charge in [0.2, 0.25) is 0 Å². The minimum atomic E-state index is -0.383. The van der Waals surface area contributed by atoms with Crippen LogP contribution in [0.3, 0.4) is 0 Å². The molecule has 5 heteroatoms. The average molecular weight is 288 g/mol. The van der Waals surface area contributed by atoms with Gasteiger partial charge in [-0.05, 0) is 39.0 Å². The molecule has 2 rings (SSSR count). The van der Waals surface area contributed by atoms with E-state index in [1.165, 1.54) is 6.20 Å². The quantitative estimate of drug-likeness (QED) is 0.856. The van der Waals surface area contributed by atoms with Gasteiger partial charge in [0.05, 0.1) is 23.9 Å². The molecule has 0 saturated carbocycles. The maximum absolute atomic E-state index is 12.0. The first-order chi connectivity index (χ1) is 10.1. The molecule has 0 amide bonds. The summed E-state index contributed by atoms with van der Waals surface area (Å²) in [5.74, 6) is 0.364. The van der Waals surface area contributed by atoms with Gasteiger partial charge in [-0.1, -0.05) is 0 Å². The number of anilines is 1. The molecule has 0 aliphatic carbocycles. The van der Waals surface area contributed by atoms with Crippen molar-refractivity contribution < 1.29 is 14.3 Å². The largest absolute Gasteiger partial charge is 0.491 e. The van der Waals surface area contributed by atoms with Gasteiger partial charge in [-0.2, -0.15) is 0 Å². The van der Waals surface area contributed by atoms with Crippen LogP contribution < -0.4 is 10.1 Å². The Hall–Kier alpha value is -2.30. The van der Waals surface area contributed by atoms with Crippen molar-refractivity contribution in [2.24, 2.45) is 0 Å². The molecule has 1 aromatic carbocycles. The summed E-state index contributed by atoms with van der Waals surface area (Å²) in [6.45, 7) is 6.05. The van der Waals surface area contributed by atoms with Crippen LogP contribution in [0.2, 0.25) is 0 Å². The zero-order valence-corrected chi connectivity index (χ0v) is 12.8. The number of nitrogens with one attached hydrogen (secondary N) is 1. The third-order valence-electron chi connectivity index (χ3n) is 2.96. The Bertz CT molecular complexity index is 653. The Labute approximate surface area is 124 Å². The summed E-state index contributed by atoms with van der Waals surface area (Å²) in [6, 6.07) is 5.64. The number of hydrogen-bond acceptors (Lipinski definition) is 5. The van der Waals surface area contributed by atoms with E-state index in [9.17, 15) is 4.79 Å². The fourth-order valence-corrected chi connectivity index (χ4v) is 2.15. The number of aromatic nitrogens is 1. The summed E-state index contributed by atoms with van der Waals surface area (Å²) < 4.78 is 10.8. The first-order valence-electron chi connectivity index (χ1n) is 7.01. The third-order valence-corrected chi connectivity index (χ3v) is 2.96. The zero-order chi connectivity index (χ0) is 15.4. The number of ether oxygens (including phenoxy) is 2. The summed E-state index contributed by atoms with van der Waals surface area (Å²) in [4.78, 5) is 16.3. The minimum Gasteiger partial charge on any atom is -0.491 e. The topological polar surface area (TPSA) is 60.5 Å². The minimum absolute atomic E-state index is 0.0849. The van der Waals surface area contributed by atoms with Gasteiger partial charge in [0.1, 0.15) is 11.3 Å². The van der Waals surface area contributed by atoms with Crippen LogP contribution >= 0.6 is 0 Å². The Balaban J connectivity index is 2.55. The van der Waals surface area contributed by atoms with E-state index in [4.69, 9.17) is 9.47 Å². The molecular weight excluding hydrogens is 268 g/mol. The molecule has 1 N–H and O–H groups in total. The molecule has 0 saturated heterocycles. The van der Waals surface area contributed by atoms with Crippen molar-refractivity contribution >= 4 is 22.6 Å². The van der Waals surface area contributed by atoms with Crippen molar-refractivity contribution in [3.05, 3.63) is 30.0 Å². The first-order valence-corrected chi connectivity index (χ1v) is 7.01. The first kappa shape index (κ1) is 15.1. The molecule has 5 nitrogen and oxygen atoms in total. The highest BCUT2D eigenvalue weighted by atomic mass is 16.5. The summed E-state index contributed by atoms with van der Waals surface area (Å²) in [7, 11) is 1.77. The second-order valence-corrected chi connectivity index (χ2v) is 4.86. The number of carbonyl (C=O) groups is 1. The number of hydrogen-bond donors (Lipinski definition) is 1. The normalized spacial score (nSPS) is 10.7. The number of pyridine rings is 1. The van der Waals surface area contributed by atoms with Crippen LogP contribution in [0.25, 0.3) is 10.9 Å². The molecule has 0 aliphatic heterocycles. The fourth-order valence-electron chi connectivity index (χ4n) is 2.15. The summed E-state index contributed by atoms with van der Waals surface area (Å²) in [6.07, 6.45) is 1.62. The zero-order valence-electron chi connectivity index (χ0n) is 12.8. The molecule has 0 atom stereocenters. The van der Waals surface area contributed by atoms with Crippen molar-refractivity contribution in [2.45, 2.75) is 26.9 Å². The van der Waals surface area contributed by atoms with E-state index in [2.05, 4.69) is 10.3 Å². The van der Waals surface area contributed by atoms with Gasteiger partial charge in [0.15, 0.2) is 0 Å². The van der Waals surface area contributed by atoms with Crippen molar-refractivity contribution in [1.29, 1.82) is 0 Å². The molecule has 21 heavy (non-hydrogen) atoms. The van der Waals surface area contributed by atoms with Crippen molar-refractivity contribution in [3.8, 4) is 5.75 Å². The summed E-state index contributed by atoms with van der Waals surface area (Å²) >= 11 is 0. The van der Waals surface area contributed by atoms with Gasteiger partial charge in [-0.25, -0.2) is 4.79 Å². The number of fused-ring (bicyclic) bond motifs is 1. The molecule has 0 spiro atoms. The lowest BCUT2D eigenvalue weighted by molar-refractivity contribution is 0.0527. The Kier molecular flexibility index (Phi) is 4.62. The predicted octanol–water partition coefficient (Wildman–Crippen LogP) is 3.24.